The van der Waals surface area contributed by atoms with Gasteiger partial charge in [-0.1, -0.05) is 83.3 Å². The van der Waals surface area contributed by atoms with Gasteiger partial charge in [-0.25, -0.2) is 0 Å². The normalized spacial score (nSPS) is 12.1. The van der Waals surface area contributed by atoms with Gasteiger partial charge < -0.3 is 19.1 Å². The monoisotopic (exact) mass is 581 g/mol. The summed E-state index contributed by atoms with van der Waals surface area (Å²) in [6.45, 7) is 3.49. The molecule has 0 rings (SSSR count). The third-order valence-corrected chi connectivity index (χ3v) is 7.31. The van der Waals surface area contributed by atoms with Crippen molar-refractivity contribution in [2.24, 2.45) is 0 Å². The Kier molecular flexibility index (Phi) is 28.2. The Morgan fingerprint density at radius 3 is 1.76 bits per heavy atom. The second-order valence-corrected chi connectivity index (χ2v) is 11.6. The minimum atomic E-state index is -0.138. The molecule has 41 heavy (non-hydrogen) atoms. The Balaban J connectivity index is 4.02. The van der Waals surface area contributed by atoms with Crippen LogP contribution in [0, 0.1) is 0 Å². The Hall–Kier alpha value is -1.89. The van der Waals surface area contributed by atoms with Crippen LogP contribution in [-0.2, 0) is 28.6 Å². The van der Waals surface area contributed by atoms with Crippen molar-refractivity contribution < 1.29 is 28.6 Å². The number of esters is 3. The lowest BCUT2D eigenvalue weighted by Crippen LogP contribution is -2.20. The van der Waals surface area contributed by atoms with Gasteiger partial charge in [-0.2, -0.15) is 0 Å². The average molecular weight is 582 g/mol. The number of nitrogens with zero attached hydrogens (tertiary/aromatic N) is 1. The van der Waals surface area contributed by atoms with Gasteiger partial charge in [-0.15, -0.1) is 0 Å². The summed E-state index contributed by atoms with van der Waals surface area (Å²) in [4.78, 5) is 37.6. The predicted molar refractivity (Wildman–Crippen MR) is 168 cm³/mol. The van der Waals surface area contributed by atoms with Crippen molar-refractivity contribution in [2.75, 3.05) is 34.4 Å². The molecule has 0 aliphatic carbocycles. The summed E-state index contributed by atoms with van der Waals surface area (Å²) in [6.07, 6.45) is 25.8. The summed E-state index contributed by atoms with van der Waals surface area (Å²) in [7, 11) is 5.46. The van der Waals surface area contributed by atoms with Gasteiger partial charge >= 0.3 is 17.9 Å². The van der Waals surface area contributed by atoms with Gasteiger partial charge in [-0.3, -0.25) is 14.4 Å². The minimum Gasteiger partial charge on any atom is -0.469 e. The number of methoxy groups -OCH3 is 1. The zero-order valence-corrected chi connectivity index (χ0v) is 27.1. The van der Waals surface area contributed by atoms with Crippen LogP contribution in [0.1, 0.15) is 148 Å². The lowest BCUT2D eigenvalue weighted by molar-refractivity contribution is -0.150. The van der Waals surface area contributed by atoms with E-state index in [1.807, 2.05) is 20.2 Å². The molecule has 0 aliphatic rings. The van der Waals surface area contributed by atoms with E-state index in [2.05, 4.69) is 17.9 Å². The van der Waals surface area contributed by atoms with E-state index < -0.39 is 0 Å². The van der Waals surface area contributed by atoms with Crippen molar-refractivity contribution in [1.82, 2.24) is 4.90 Å². The summed E-state index contributed by atoms with van der Waals surface area (Å²) in [6, 6.07) is 0. The Morgan fingerprint density at radius 2 is 1.17 bits per heavy atom. The molecule has 0 heterocycles. The highest BCUT2D eigenvalue weighted by Gasteiger charge is 2.14. The number of ether oxygens (including phenoxy) is 3. The molecule has 0 N–H and O–H groups in total. The fraction of sp³-hybridized carbons (Fsp3) is 0.853. The van der Waals surface area contributed by atoms with Crippen LogP contribution in [0.3, 0.4) is 0 Å². The van der Waals surface area contributed by atoms with Crippen LogP contribution in [0.25, 0.3) is 0 Å². The molecule has 0 amide bonds. The number of hydrogen-bond donors (Lipinski definition) is 0. The van der Waals surface area contributed by atoms with Crippen LogP contribution >= 0.6 is 0 Å². The summed E-state index contributed by atoms with van der Waals surface area (Å²) in [5.41, 5.74) is 0. The molecule has 0 saturated heterocycles. The van der Waals surface area contributed by atoms with Crippen LogP contribution in [0.4, 0.5) is 0 Å². The maximum atomic E-state index is 12.4. The first-order chi connectivity index (χ1) is 19.9. The van der Waals surface area contributed by atoms with E-state index in [1.165, 1.54) is 32.8 Å². The maximum absolute atomic E-state index is 12.4. The molecule has 0 bridgehead atoms. The predicted octanol–water partition coefficient (Wildman–Crippen LogP) is 8.33. The van der Waals surface area contributed by atoms with Gasteiger partial charge in [-0.05, 0) is 78.4 Å². The molecule has 0 aromatic carbocycles. The second kappa shape index (κ2) is 29.6. The Morgan fingerprint density at radius 1 is 0.634 bits per heavy atom. The van der Waals surface area contributed by atoms with Gasteiger partial charge in [0.25, 0.3) is 0 Å². The summed E-state index contributed by atoms with van der Waals surface area (Å²) < 4.78 is 15.9. The van der Waals surface area contributed by atoms with Crippen LogP contribution in [0.5, 0.6) is 0 Å². The first-order valence-electron chi connectivity index (χ1n) is 16.6. The Bertz CT molecular complexity index is 664. The van der Waals surface area contributed by atoms with Crippen molar-refractivity contribution in [2.45, 2.75) is 154 Å². The minimum absolute atomic E-state index is 0.00270. The summed E-state index contributed by atoms with van der Waals surface area (Å²) >= 11 is 0. The third kappa shape index (κ3) is 29.4. The van der Waals surface area contributed by atoms with Gasteiger partial charge in [0.1, 0.15) is 12.7 Å². The smallest absolute Gasteiger partial charge is 0.306 e. The molecular formula is C34H63NO6. The van der Waals surface area contributed by atoms with Crippen molar-refractivity contribution >= 4 is 17.9 Å². The van der Waals surface area contributed by atoms with Crippen LogP contribution in [0.15, 0.2) is 12.2 Å². The fourth-order valence-electron chi connectivity index (χ4n) is 4.76. The molecule has 0 aromatic heterocycles. The average Bonchev–Trinajstić information content (AvgIpc) is 2.94. The van der Waals surface area contributed by atoms with E-state index >= 15 is 0 Å². The number of carbonyl (C=O) groups excluding carboxylic acids is 3. The molecule has 1 unspecified atom stereocenters. The zero-order chi connectivity index (χ0) is 30.4. The van der Waals surface area contributed by atoms with Crippen molar-refractivity contribution in [3.63, 3.8) is 0 Å². The highest BCUT2D eigenvalue weighted by molar-refractivity contribution is 5.70. The number of unbranched alkanes of at least 4 members (excludes halogenated alkanes) is 13. The SMILES string of the molecule is CCCCCCC=CCOC(=O)CCCCCCCCC(CCCCCCCC(=O)OC)OC(=O)CCCN(C)C. The van der Waals surface area contributed by atoms with Gasteiger partial charge in [0.05, 0.1) is 7.11 Å². The Labute approximate surface area is 252 Å². The van der Waals surface area contributed by atoms with Gasteiger partial charge in [0, 0.05) is 19.3 Å². The van der Waals surface area contributed by atoms with Crippen LogP contribution in [0.2, 0.25) is 0 Å². The number of hydrogen-bond acceptors (Lipinski definition) is 7. The lowest BCUT2D eigenvalue weighted by Gasteiger charge is -2.18. The number of rotatable bonds is 29. The third-order valence-electron chi connectivity index (χ3n) is 7.31. The van der Waals surface area contributed by atoms with E-state index in [0.717, 1.165) is 103 Å². The van der Waals surface area contributed by atoms with E-state index in [9.17, 15) is 14.4 Å². The van der Waals surface area contributed by atoms with Gasteiger partial charge in [0.15, 0.2) is 0 Å². The molecule has 0 aliphatic heterocycles. The summed E-state index contributed by atoms with van der Waals surface area (Å²) in [5, 5.41) is 0. The topological polar surface area (TPSA) is 82.1 Å². The standard InChI is InChI=1S/C34H63NO6/c1-5-6-7-8-11-17-22-30-40-33(37)27-21-15-10-9-13-18-24-31(41-34(38)28-23-29-35(2)3)25-19-14-12-16-20-26-32(36)39-4/h17,22,31H,5-16,18-21,23-30H2,1-4H3. The molecule has 0 saturated carbocycles. The maximum Gasteiger partial charge on any atom is 0.306 e. The largest absolute Gasteiger partial charge is 0.469 e. The fourth-order valence-corrected chi connectivity index (χ4v) is 4.76. The molecule has 0 radical (unpaired) electrons. The quantitative estimate of drug-likeness (QED) is 0.0380. The summed E-state index contributed by atoms with van der Waals surface area (Å²) in [5.74, 6) is -0.316. The molecule has 7 nitrogen and oxygen atoms in total. The molecule has 240 valence electrons. The molecule has 0 spiro atoms. The van der Waals surface area contributed by atoms with E-state index in [0.29, 0.717) is 25.9 Å². The lowest BCUT2D eigenvalue weighted by atomic mass is 10.0. The van der Waals surface area contributed by atoms with Crippen molar-refractivity contribution in [3.05, 3.63) is 12.2 Å². The van der Waals surface area contributed by atoms with Crippen LogP contribution in [-0.4, -0.2) is 63.3 Å². The molecule has 0 aromatic rings. The zero-order valence-electron chi connectivity index (χ0n) is 27.1. The van der Waals surface area contributed by atoms with E-state index in [1.54, 1.807) is 0 Å². The first-order valence-corrected chi connectivity index (χ1v) is 16.6. The van der Waals surface area contributed by atoms with Crippen LogP contribution < -0.4 is 0 Å². The number of carbonyl (C=O) groups is 3. The molecule has 0 fully saturated rings. The molecule has 1 atom stereocenters. The first kappa shape index (κ1) is 39.1. The van der Waals surface area contributed by atoms with Crippen molar-refractivity contribution in [1.29, 1.82) is 0 Å². The second-order valence-electron chi connectivity index (χ2n) is 11.6. The van der Waals surface area contributed by atoms with E-state index in [-0.39, 0.29) is 24.0 Å². The van der Waals surface area contributed by atoms with Gasteiger partial charge in [0.2, 0.25) is 0 Å². The molecule has 7 heteroatoms. The van der Waals surface area contributed by atoms with Crippen molar-refractivity contribution in [3.8, 4) is 0 Å². The highest BCUT2D eigenvalue weighted by atomic mass is 16.5. The molecular weight excluding hydrogens is 518 g/mol. The number of allylic oxidation sites excluding steroid dienone is 1. The highest BCUT2D eigenvalue weighted by Crippen LogP contribution is 2.18. The van der Waals surface area contributed by atoms with E-state index in [4.69, 9.17) is 14.2 Å².